The van der Waals surface area contributed by atoms with Crippen molar-refractivity contribution in [2.75, 3.05) is 0 Å². The first-order chi connectivity index (χ1) is 9.72. The van der Waals surface area contributed by atoms with Crippen molar-refractivity contribution in [3.63, 3.8) is 0 Å². The summed E-state index contributed by atoms with van der Waals surface area (Å²) in [5, 5.41) is 2.16. The molecule has 0 bridgehead atoms. The fourth-order valence-electron chi connectivity index (χ4n) is 1.59. The molecule has 2 nitrogen and oxygen atoms in total. The molecule has 98 valence electrons. The van der Waals surface area contributed by atoms with Crippen molar-refractivity contribution in [3.8, 4) is 11.8 Å². The number of aromatic nitrogens is 1. The van der Waals surface area contributed by atoms with Crippen LogP contribution in [-0.4, -0.2) is 10.1 Å². The number of isothiocyanates is 1. The number of rotatable bonds is 2. The Morgan fingerprint density at radius 3 is 2.60 bits per heavy atom. The number of benzene rings is 1. The Morgan fingerprint density at radius 1 is 1.25 bits per heavy atom. The molecule has 0 N–H and O–H groups in total. The molecule has 1 aromatic heterocycles. The van der Waals surface area contributed by atoms with Crippen LogP contribution in [0.15, 0.2) is 41.5 Å². The summed E-state index contributed by atoms with van der Waals surface area (Å²) in [5.41, 5.74) is 2.48. The third kappa shape index (κ3) is 3.58. The summed E-state index contributed by atoms with van der Waals surface area (Å²) < 4.78 is 13.7. The van der Waals surface area contributed by atoms with Gasteiger partial charge in [0.15, 0.2) is 5.82 Å². The van der Waals surface area contributed by atoms with Crippen molar-refractivity contribution in [3.05, 3.63) is 59.2 Å². The Kier molecular flexibility index (Phi) is 4.73. The van der Waals surface area contributed by atoms with Crippen LogP contribution in [0.5, 0.6) is 0 Å². The molecular weight excluding hydrogens is 271 g/mol. The van der Waals surface area contributed by atoms with Gasteiger partial charge in [-0.1, -0.05) is 25.0 Å². The Balaban J connectivity index is 2.25. The SMILES string of the molecule is CCc1ccc(C#Cc2ncc(N=C=S)cc2F)cc1. The highest BCUT2D eigenvalue weighted by atomic mass is 32.1. The Bertz CT molecular complexity index is 720. The minimum absolute atomic E-state index is 0.0906. The molecule has 2 rings (SSSR count). The normalized spacial score (nSPS) is 9.30. The Labute approximate surface area is 122 Å². The monoisotopic (exact) mass is 282 g/mol. The maximum absolute atomic E-state index is 13.7. The van der Waals surface area contributed by atoms with Crippen molar-refractivity contribution >= 4 is 23.1 Å². The lowest BCUT2D eigenvalue weighted by molar-refractivity contribution is 0.617. The number of nitrogens with zero attached hydrogens (tertiary/aromatic N) is 2. The van der Waals surface area contributed by atoms with Crippen molar-refractivity contribution < 1.29 is 4.39 Å². The zero-order valence-electron chi connectivity index (χ0n) is 10.9. The van der Waals surface area contributed by atoms with Crippen LogP contribution in [0.2, 0.25) is 0 Å². The van der Waals surface area contributed by atoms with Crippen LogP contribution in [0.1, 0.15) is 23.7 Å². The molecule has 1 aromatic carbocycles. The molecule has 1 heterocycles. The number of aliphatic imine (C=N–C) groups is 1. The second kappa shape index (κ2) is 6.72. The maximum atomic E-state index is 13.7. The van der Waals surface area contributed by atoms with Crippen LogP contribution >= 0.6 is 12.2 Å². The van der Waals surface area contributed by atoms with Gasteiger partial charge in [0, 0.05) is 11.6 Å². The average Bonchev–Trinajstić information content (AvgIpc) is 2.47. The van der Waals surface area contributed by atoms with Crippen molar-refractivity contribution in [2.45, 2.75) is 13.3 Å². The van der Waals surface area contributed by atoms with Gasteiger partial charge in [-0.05, 0) is 42.3 Å². The highest BCUT2D eigenvalue weighted by molar-refractivity contribution is 7.78. The largest absolute Gasteiger partial charge is 0.242 e. The first kappa shape index (κ1) is 14.1. The molecule has 0 unspecified atom stereocenters. The third-order valence-corrected chi connectivity index (χ3v) is 2.78. The lowest BCUT2D eigenvalue weighted by Crippen LogP contribution is -1.88. The second-order valence-electron chi connectivity index (χ2n) is 4.03. The quantitative estimate of drug-likeness (QED) is 0.474. The number of pyridine rings is 1. The lowest BCUT2D eigenvalue weighted by atomic mass is 10.1. The summed E-state index contributed by atoms with van der Waals surface area (Å²) in [7, 11) is 0. The van der Waals surface area contributed by atoms with E-state index in [1.165, 1.54) is 17.8 Å². The van der Waals surface area contributed by atoms with Gasteiger partial charge in [0.25, 0.3) is 0 Å². The van der Waals surface area contributed by atoms with E-state index in [0.29, 0.717) is 5.69 Å². The van der Waals surface area contributed by atoms with Crippen LogP contribution in [0.3, 0.4) is 0 Å². The molecule has 0 saturated heterocycles. The van der Waals surface area contributed by atoms with Crippen LogP contribution in [0.4, 0.5) is 10.1 Å². The molecule has 2 aromatic rings. The smallest absolute Gasteiger partial charge is 0.159 e. The molecule has 0 aliphatic rings. The van der Waals surface area contributed by atoms with E-state index in [1.807, 2.05) is 24.3 Å². The van der Waals surface area contributed by atoms with Gasteiger partial charge in [-0.15, -0.1) is 0 Å². The van der Waals surface area contributed by atoms with E-state index in [1.54, 1.807) is 0 Å². The average molecular weight is 282 g/mol. The van der Waals surface area contributed by atoms with Gasteiger partial charge in [-0.25, -0.2) is 9.37 Å². The van der Waals surface area contributed by atoms with E-state index in [2.05, 4.69) is 46.1 Å². The van der Waals surface area contributed by atoms with E-state index in [4.69, 9.17) is 0 Å². The fourth-order valence-corrected chi connectivity index (χ4v) is 1.69. The number of thiocarbonyl (C=S) groups is 1. The predicted molar refractivity (Wildman–Crippen MR) is 80.7 cm³/mol. The Morgan fingerprint density at radius 2 is 2.00 bits per heavy atom. The second-order valence-corrected chi connectivity index (χ2v) is 4.21. The molecule has 20 heavy (non-hydrogen) atoms. The van der Waals surface area contributed by atoms with Gasteiger partial charge in [-0.2, -0.15) is 4.99 Å². The molecule has 0 amide bonds. The molecule has 0 saturated carbocycles. The summed E-state index contributed by atoms with van der Waals surface area (Å²) in [6.45, 7) is 2.09. The molecule has 4 heteroatoms. The fraction of sp³-hybridized carbons (Fsp3) is 0.125. The minimum Gasteiger partial charge on any atom is -0.242 e. The molecule has 0 aliphatic heterocycles. The van der Waals surface area contributed by atoms with Gasteiger partial charge in [0.1, 0.15) is 5.69 Å². The highest BCUT2D eigenvalue weighted by Crippen LogP contribution is 2.13. The maximum Gasteiger partial charge on any atom is 0.159 e. The molecule has 0 aliphatic carbocycles. The third-order valence-electron chi connectivity index (χ3n) is 2.69. The molecule has 0 radical (unpaired) electrons. The van der Waals surface area contributed by atoms with E-state index >= 15 is 0 Å². The van der Waals surface area contributed by atoms with Crippen LogP contribution < -0.4 is 0 Å². The first-order valence-corrected chi connectivity index (χ1v) is 6.48. The van der Waals surface area contributed by atoms with Crippen molar-refractivity contribution in [1.82, 2.24) is 4.98 Å². The molecule has 0 fully saturated rings. The minimum atomic E-state index is -0.519. The van der Waals surface area contributed by atoms with Crippen LogP contribution in [0.25, 0.3) is 0 Å². The Hall–Kier alpha value is -2.34. The van der Waals surface area contributed by atoms with Crippen LogP contribution in [0, 0.1) is 17.7 Å². The number of hydrogen-bond acceptors (Lipinski definition) is 3. The van der Waals surface area contributed by atoms with E-state index in [9.17, 15) is 4.39 Å². The van der Waals surface area contributed by atoms with Crippen molar-refractivity contribution in [1.29, 1.82) is 0 Å². The zero-order chi connectivity index (χ0) is 14.4. The van der Waals surface area contributed by atoms with Gasteiger partial charge in [0.2, 0.25) is 0 Å². The summed E-state index contributed by atoms with van der Waals surface area (Å²) in [4.78, 5) is 7.58. The number of hydrogen-bond donors (Lipinski definition) is 0. The summed E-state index contributed by atoms with van der Waals surface area (Å²) in [6, 6.07) is 9.07. The van der Waals surface area contributed by atoms with Crippen molar-refractivity contribution in [2.24, 2.45) is 4.99 Å². The summed E-state index contributed by atoms with van der Waals surface area (Å²) >= 11 is 4.45. The molecule has 0 atom stereocenters. The van der Waals surface area contributed by atoms with Gasteiger partial charge in [0.05, 0.1) is 17.0 Å². The summed E-state index contributed by atoms with van der Waals surface area (Å²) in [5.74, 6) is 5.08. The van der Waals surface area contributed by atoms with Crippen LogP contribution in [-0.2, 0) is 6.42 Å². The van der Waals surface area contributed by atoms with Gasteiger partial charge < -0.3 is 0 Å². The highest BCUT2D eigenvalue weighted by Gasteiger charge is 2.01. The predicted octanol–water partition coefficient (Wildman–Crippen LogP) is 3.92. The van der Waals surface area contributed by atoms with E-state index < -0.39 is 5.82 Å². The standard InChI is InChI=1S/C16H11FN2S/c1-2-12-3-5-13(6-4-12)7-8-16-15(17)9-14(10-18-16)19-11-20/h3-6,9-10H,2H2,1H3. The zero-order valence-corrected chi connectivity index (χ0v) is 11.7. The number of aryl methyl sites for hydroxylation is 1. The van der Waals surface area contributed by atoms with Gasteiger partial charge >= 0.3 is 0 Å². The topological polar surface area (TPSA) is 25.2 Å². The lowest BCUT2D eigenvalue weighted by Gasteiger charge is -1.96. The first-order valence-electron chi connectivity index (χ1n) is 6.07. The molecular formula is C16H11FN2S. The van der Waals surface area contributed by atoms with E-state index in [0.717, 1.165) is 12.0 Å². The van der Waals surface area contributed by atoms with E-state index in [-0.39, 0.29) is 5.69 Å². The number of halogens is 1. The van der Waals surface area contributed by atoms with Gasteiger partial charge in [-0.3, -0.25) is 0 Å². The molecule has 0 spiro atoms. The summed E-state index contributed by atoms with van der Waals surface area (Å²) in [6.07, 6.45) is 2.39.